The van der Waals surface area contributed by atoms with Crippen molar-refractivity contribution in [3.63, 3.8) is 0 Å². The zero-order chi connectivity index (χ0) is 16.1. The Balaban J connectivity index is 1.43. The van der Waals surface area contributed by atoms with E-state index in [0.717, 1.165) is 16.6 Å². The van der Waals surface area contributed by atoms with Crippen LogP contribution in [0.2, 0.25) is 0 Å². The quantitative estimate of drug-likeness (QED) is 0.780. The molecule has 6 rings (SSSR count). The summed E-state index contributed by atoms with van der Waals surface area (Å²) in [5, 5.41) is 5.58. The maximum atomic E-state index is 12.7. The van der Waals surface area contributed by atoms with Crippen molar-refractivity contribution in [2.45, 2.75) is 18.9 Å². The van der Waals surface area contributed by atoms with E-state index in [1.807, 2.05) is 24.4 Å². The van der Waals surface area contributed by atoms with Crippen LogP contribution in [0, 0.1) is 5.92 Å². The monoisotopic (exact) mass is 337 g/mol. The molecule has 3 aliphatic rings. The van der Waals surface area contributed by atoms with Gasteiger partial charge in [0.2, 0.25) is 0 Å². The number of nitrogens with one attached hydrogen (secondary N) is 1. The number of carbonyl (C=O) groups is 1. The highest BCUT2D eigenvalue weighted by atomic mass is 32.1. The molecule has 3 fully saturated rings. The molecule has 5 heterocycles. The Morgan fingerprint density at radius 1 is 1.17 bits per heavy atom. The van der Waals surface area contributed by atoms with Crippen LogP contribution < -0.4 is 5.32 Å². The molecule has 4 nitrogen and oxygen atoms in total. The summed E-state index contributed by atoms with van der Waals surface area (Å²) in [4.78, 5) is 19.6. The van der Waals surface area contributed by atoms with Crippen molar-refractivity contribution in [1.29, 1.82) is 0 Å². The van der Waals surface area contributed by atoms with Crippen LogP contribution in [0.15, 0.2) is 36.5 Å². The van der Waals surface area contributed by atoms with Gasteiger partial charge in [-0.1, -0.05) is 18.2 Å². The van der Waals surface area contributed by atoms with Crippen molar-refractivity contribution in [3.05, 3.63) is 42.2 Å². The molecule has 0 spiro atoms. The molecule has 3 saturated heterocycles. The molecular weight excluding hydrogens is 318 g/mol. The van der Waals surface area contributed by atoms with Crippen molar-refractivity contribution < 1.29 is 4.79 Å². The van der Waals surface area contributed by atoms with Gasteiger partial charge in [-0.15, -0.1) is 11.3 Å². The summed E-state index contributed by atoms with van der Waals surface area (Å²) in [5.74, 6) is 0.597. The molecule has 2 aromatic heterocycles. The van der Waals surface area contributed by atoms with E-state index in [-0.39, 0.29) is 11.9 Å². The van der Waals surface area contributed by atoms with Crippen molar-refractivity contribution in [3.8, 4) is 0 Å². The number of piperidine rings is 3. The van der Waals surface area contributed by atoms with E-state index in [1.165, 1.54) is 36.0 Å². The number of hydrogen-bond donors (Lipinski definition) is 1. The van der Waals surface area contributed by atoms with E-state index in [4.69, 9.17) is 0 Å². The van der Waals surface area contributed by atoms with Crippen molar-refractivity contribution in [2.24, 2.45) is 5.92 Å². The number of pyridine rings is 1. The first kappa shape index (κ1) is 14.4. The fourth-order valence-electron chi connectivity index (χ4n) is 4.12. The van der Waals surface area contributed by atoms with E-state index in [1.54, 1.807) is 11.3 Å². The van der Waals surface area contributed by atoms with Crippen LogP contribution in [0.5, 0.6) is 0 Å². The molecular formula is C19H19N3OS. The van der Waals surface area contributed by atoms with Gasteiger partial charge in [-0.3, -0.25) is 9.78 Å². The molecule has 0 radical (unpaired) electrons. The minimum Gasteiger partial charge on any atom is -0.346 e. The fourth-order valence-corrected chi connectivity index (χ4v) is 5.23. The van der Waals surface area contributed by atoms with Crippen LogP contribution in [0.25, 0.3) is 20.2 Å². The summed E-state index contributed by atoms with van der Waals surface area (Å²) >= 11 is 1.72. The first-order valence-electron chi connectivity index (χ1n) is 8.58. The van der Waals surface area contributed by atoms with Crippen molar-refractivity contribution in [2.75, 3.05) is 19.6 Å². The van der Waals surface area contributed by atoms with Gasteiger partial charge in [-0.2, -0.15) is 0 Å². The van der Waals surface area contributed by atoms with Crippen LogP contribution >= 0.6 is 11.3 Å². The Labute approximate surface area is 144 Å². The average molecular weight is 337 g/mol. The molecule has 0 unspecified atom stereocenters. The van der Waals surface area contributed by atoms with E-state index < -0.39 is 0 Å². The number of hydrogen-bond acceptors (Lipinski definition) is 4. The predicted molar refractivity (Wildman–Crippen MR) is 97.5 cm³/mol. The Bertz CT molecular complexity index is 927. The van der Waals surface area contributed by atoms with Crippen LogP contribution in [-0.2, 0) is 0 Å². The second-order valence-electron chi connectivity index (χ2n) is 6.88. The molecule has 1 amide bonds. The standard InChI is InChI=1S/C19H19N3OS/c23-19(21-16-11-22-7-5-12(16)6-8-22)15-9-18-14(10-20-15)13-3-1-2-4-17(13)24-18/h1-4,9-10,12,16H,5-8,11H2,(H,21,23)/t16-/m1/s1. The summed E-state index contributed by atoms with van der Waals surface area (Å²) in [6, 6.07) is 10.5. The van der Waals surface area contributed by atoms with Crippen LogP contribution in [0.3, 0.4) is 0 Å². The van der Waals surface area contributed by atoms with Crippen molar-refractivity contribution >= 4 is 37.4 Å². The molecule has 122 valence electrons. The smallest absolute Gasteiger partial charge is 0.270 e. The highest BCUT2D eigenvalue weighted by molar-refractivity contribution is 7.25. The van der Waals surface area contributed by atoms with Gasteiger partial charge in [0.25, 0.3) is 5.91 Å². The Hall–Kier alpha value is -1.98. The van der Waals surface area contributed by atoms with E-state index >= 15 is 0 Å². The first-order chi connectivity index (χ1) is 11.8. The summed E-state index contributed by atoms with van der Waals surface area (Å²) in [5.41, 5.74) is 0.533. The van der Waals surface area contributed by atoms with Gasteiger partial charge in [0.15, 0.2) is 0 Å². The number of amides is 1. The van der Waals surface area contributed by atoms with Gasteiger partial charge >= 0.3 is 0 Å². The third-order valence-corrected chi connectivity index (χ3v) is 6.60. The number of aromatic nitrogens is 1. The van der Waals surface area contributed by atoms with Gasteiger partial charge in [-0.05, 0) is 44.0 Å². The molecule has 5 heteroatoms. The maximum absolute atomic E-state index is 12.7. The molecule has 1 atom stereocenters. The highest BCUT2D eigenvalue weighted by Crippen LogP contribution is 2.33. The molecule has 1 N–H and O–H groups in total. The SMILES string of the molecule is O=C(N[C@@H]1CN2CCC1CC2)c1cc2sc3ccccc3c2cn1. The molecule has 1 aromatic carbocycles. The second-order valence-corrected chi connectivity index (χ2v) is 7.97. The van der Waals surface area contributed by atoms with Gasteiger partial charge in [0.1, 0.15) is 5.69 Å². The number of carbonyl (C=O) groups excluding carboxylic acids is 1. The third-order valence-electron chi connectivity index (χ3n) is 5.47. The molecule has 2 bridgehead atoms. The number of fused-ring (bicyclic) bond motifs is 6. The Morgan fingerprint density at radius 2 is 2.00 bits per heavy atom. The van der Waals surface area contributed by atoms with E-state index in [9.17, 15) is 4.79 Å². The average Bonchev–Trinajstić information content (AvgIpc) is 3.00. The number of nitrogens with zero attached hydrogens (tertiary/aromatic N) is 2. The first-order valence-corrected chi connectivity index (χ1v) is 9.40. The normalized spacial score (nSPS) is 26.1. The Morgan fingerprint density at radius 3 is 2.79 bits per heavy atom. The van der Waals surface area contributed by atoms with Crippen LogP contribution in [0.4, 0.5) is 0 Å². The number of benzene rings is 1. The van der Waals surface area contributed by atoms with Crippen molar-refractivity contribution in [1.82, 2.24) is 15.2 Å². The molecule has 3 aliphatic heterocycles. The molecule has 0 aliphatic carbocycles. The zero-order valence-corrected chi connectivity index (χ0v) is 14.2. The fraction of sp³-hybridized carbons (Fsp3) is 0.368. The molecule has 24 heavy (non-hydrogen) atoms. The van der Waals surface area contributed by atoms with Gasteiger partial charge in [0, 0.05) is 39.0 Å². The Kier molecular flexibility index (Phi) is 3.31. The number of rotatable bonds is 2. The highest BCUT2D eigenvalue weighted by Gasteiger charge is 2.35. The maximum Gasteiger partial charge on any atom is 0.270 e. The summed E-state index contributed by atoms with van der Waals surface area (Å²) in [7, 11) is 0. The topological polar surface area (TPSA) is 45.2 Å². The molecule has 0 saturated carbocycles. The van der Waals surface area contributed by atoms with Crippen LogP contribution in [0.1, 0.15) is 23.3 Å². The lowest BCUT2D eigenvalue weighted by atomic mass is 9.84. The summed E-state index contributed by atoms with van der Waals surface area (Å²) in [6.07, 6.45) is 4.25. The zero-order valence-electron chi connectivity index (χ0n) is 13.4. The van der Waals surface area contributed by atoms with Crippen LogP contribution in [-0.4, -0.2) is 41.5 Å². The van der Waals surface area contributed by atoms with Gasteiger partial charge in [0.05, 0.1) is 0 Å². The minimum atomic E-state index is -0.0342. The second kappa shape index (κ2) is 5.53. The predicted octanol–water partition coefficient (Wildman–Crippen LogP) is 3.27. The number of thiophene rings is 1. The van der Waals surface area contributed by atoms with Gasteiger partial charge in [-0.25, -0.2) is 0 Å². The lowest BCUT2D eigenvalue weighted by molar-refractivity contribution is 0.0618. The largest absolute Gasteiger partial charge is 0.346 e. The minimum absolute atomic E-state index is 0.0342. The third kappa shape index (κ3) is 2.31. The summed E-state index contributed by atoms with van der Waals surface area (Å²) < 4.78 is 2.37. The van der Waals surface area contributed by atoms with E-state index in [0.29, 0.717) is 11.6 Å². The molecule has 3 aromatic rings. The summed E-state index contributed by atoms with van der Waals surface area (Å²) in [6.45, 7) is 3.35. The van der Waals surface area contributed by atoms with E-state index in [2.05, 4.69) is 27.3 Å². The van der Waals surface area contributed by atoms with Gasteiger partial charge < -0.3 is 10.2 Å². The lowest BCUT2D eigenvalue weighted by Crippen LogP contribution is -2.57. The lowest BCUT2D eigenvalue weighted by Gasteiger charge is -2.44.